The molecule has 1 aliphatic rings. The van der Waals surface area contributed by atoms with Crippen molar-refractivity contribution in [2.45, 2.75) is 44.2 Å². The van der Waals surface area contributed by atoms with Crippen molar-refractivity contribution < 1.29 is 0 Å². The van der Waals surface area contributed by atoms with E-state index in [4.69, 9.17) is 5.73 Å². The molecule has 2 N–H and O–H groups in total. The van der Waals surface area contributed by atoms with Gasteiger partial charge < -0.3 is 10.6 Å². The molecule has 128 valence electrons. The quantitative estimate of drug-likeness (QED) is 0.825. The summed E-state index contributed by atoms with van der Waals surface area (Å²) in [6, 6.07) is 6.12. The molecule has 6 nitrogen and oxygen atoms in total. The fourth-order valence-electron chi connectivity index (χ4n) is 3.08. The fourth-order valence-corrected chi connectivity index (χ4v) is 3.29. The summed E-state index contributed by atoms with van der Waals surface area (Å²) < 4.78 is 1.69. The molecule has 7 heteroatoms. The second-order valence-electron chi connectivity index (χ2n) is 6.46. The Labute approximate surface area is 147 Å². The van der Waals surface area contributed by atoms with Crippen LogP contribution in [0.15, 0.2) is 27.9 Å². The number of nitrogens with zero attached hydrogens (tertiary/aromatic N) is 4. The van der Waals surface area contributed by atoms with Gasteiger partial charge in [-0.2, -0.15) is 0 Å². The van der Waals surface area contributed by atoms with Crippen molar-refractivity contribution in [1.29, 1.82) is 0 Å². The zero-order chi connectivity index (χ0) is 17.3. The lowest BCUT2D eigenvalue weighted by Gasteiger charge is -2.32. The third kappa shape index (κ3) is 3.47. The van der Waals surface area contributed by atoms with Gasteiger partial charge in [0.2, 0.25) is 5.95 Å². The molecule has 2 heterocycles. The van der Waals surface area contributed by atoms with Gasteiger partial charge >= 0.3 is 0 Å². The molecule has 0 radical (unpaired) electrons. The number of rotatable bonds is 3. The summed E-state index contributed by atoms with van der Waals surface area (Å²) in [5, 5.41) is 8.34. The molecule has 0 aliphatic carbocycles. The molecule has 0 spiro atoms. The molecule has 0 bridgehead atoms. The van der Waals surface area contributed by atoms with Gasteiger partial charge in [0, 0.05) is 24.0 Å². The van der Waals surface area contributed by atoms with Crippen LogP contribution in [0.3, 0.4) is 0 Å². The van der Waals surface area contributed by atoms with Crippen molar-refractivity contribution in [2.75, 3.05) is 18.0 Å². The van der Waals surface area contributed by atoms with Crippen molar-refractivity contribution >= 4 is 18.6 Å². The molecule has 0 saturated carbocycles. The molecule has 24 heavy (non-hydrogen) atoms. The van der Waals surface area contributed by atoms with Crippen molar-refractivity contribution in [1.82, 2.24) is 14.8 Å². The molecule has 3 rings (SSSR count). The van der Waals surface area contributed by atoms with Gasteiger partial charge in [-0.1, -0.05) is 17.7 Å². The predicted octanol–water partition coefficient (Wildman–Crippen LogP) is 1.52. The average molecular weight is 345 g/mol. The van der Waals surface area contributed by atoms with Crippen LogP contribution in [0.4, 0.5) is 5.95 Å². The Hall–Kier alpha value is -1.86. The van der Waals surface area contributed by atoms with E-state index >= 15 is 0 Å². The van der Waals surface area contributed by atoms with Crippen LogP contribution in [-0.4, -0.2) is 33.9 Å². The minimum atomic E-state index is -0.117. The predicted molar refractivity (Wildman–Crippen MR) is 98.0 cm³/mol. The molecule has 1 aromatic carbocycles. The first-order valence-electron chi connectivity index (χ1n) is 8.19. The Balaban J connectivity index is 2.03. The van der Waals surface area contributed by atoms with Gasteiger partial charge in [-0.3, -0.25) is 9.36 Å². The molecule has 1 aromatic heterocycles. The van der Waals surface area contributed by atoms with E-state index in [-0.39, 0.29) is 11.6 Å². The van der Waals surface area contributed by atoms with Crippen LogP contribution in [0.2, 0.25) is 0 Å². The number of nitrogens with two attached hydrogens (primary N) is 1. The summed E-state index contributed by atoms with van der Waals surface area (Å²) in [6.07, 6.45) is 1.99. The first-order chi connectivity index (χ1) is 11.5. The molecule has 1 aliphatic heterocycles. The highest BCUT2D eigenvalue weighted by molar-refractivity contribution is 7.80. The Morgan fingerprint density at radius 1 is 1.33 bits per heavy atom. The van der Waals surface area contributed by atoms with E-state index in [9.17, 15) is 4.79 Å². The normalized spacial score (nSPS) is 18.0. The van der Waals surface area contributed by atoms with E-state index < -0.39 is 0 Å². The molecule has 0 amide bonds. The SMILES string of the molecule is Cc1ccc(S)c(Cn2c(N3CCC[C@@H](N)C3)nnc(C)c2=O)c1. The van der Waals surface area contributed by atoms with Crippen LogP contribution in [0.5, 0.6) is 0 Å². The van der Waals surface area contributed by atoms with E-state index in [0.29, 0.717) is 24.7 Å². The average Bonchev–Trinajstić information content (AvgIpc) is 2.55. The molecule has 2 aromatic rings. The monoisotopic (exact) mass is 345 g/mol. The van der Waals surface area contributed by atoms with Gasteiger partial charge in [0.25, 0.3) is 5.56 Å². The lowest BCUT2D eigenvalue weighted by atomic mass is 10.1. The van der Waals surface area contributed by atoms with Crippen molar-refractivity contribution in [3.05, 3.63) is 45.4 Å². The molecule has 1 saturated heterocycles. The molecular formula is C17H23N5OS. The molecular weight excluding hydrogens is 322 g/mol. The zero-order valence-corrected chi connectivity index (χ0v) is 15.0. The summed E-state index contributed by atoms with van der Waals surface area (Å²) in [4.78, 5) is 15.6. The maximum absolute atomic E-state index is 12.7. The van der Waals surface area contributed by atoms with Crippen LogP contribution < -0.4 is 16.2 Å². The van der Waals surface area contributed by atoms with Crippen LogP contribution in [0, 0.1) is 13.8 Å². The highest BCUT2D eigenvalue weighted by atomic mass is 32.1. The molecule has 1 atom stereocenters. The van der Waals surface area contributed by atoms with Gasteiger partial charge in [0.15, 0.2) is 0 Å². The Morgan fingerprint density at radius 3 is 2.88 bits per heavy atom. The van der Waals surface area contributed by atoms with Crippen molar-refractivity contribution in [3.8, 4) is 0 Å². The number of hydrogen-bond acceptors (Lipinski definition) is 6. The Kier molecular flexibility index (Phi) is 4.91. The van der Waals surface area contributed by atoms with E-state index in [1.54, 1.807) is 11.5 Å². The summed E-state index contributed by atoms with van der Waals surface area (Å²) in [5.74, 6) is 0.593. The van der Waals surface area contributed by atoms with Crippen LogP contribution in [-0.2, 0) is 6.54 Å². The summed E-state index contributed by atoms with van der Waals surface area (Å²) >= 11 is 4.53. The van der Waals surface area contributed by atoms with E-state index in [1.807, 2.05) is 19.1 Å². The maximum atomic E-state index is 12.7. The van der Waals surface area contributed by atoms with Crippen LogP contribution in [0.25, 0.3) is 0 Å². The van der Waals surface area contributed by atoms with Crippen molar-refractivity contribution in [2.24, 2.45) is 5.73 Å². The standard InChI is InChI=1S/C17H23N5OS/c1-11-5-6-15(24)13(8-11)9-22-16(23)12(2)19-20-17(22)21-7-3-4-14(18)10-21/h5-6,8,14,24H,3-4,7,9-10,18H2,1-2H3/t14-/m1/s1. The first kappa shape index (κ1) is 17.0. The van der Waals surface area contributed by atoms with Crippen LogP contribution in [0.1, 0.15) is 29.7 Å². The lowest BCUT2D eigenvalue weighted by Crippen LogP contribution is -2.46. The van der Waals surface area contributed by atoms with E-state index in [2.05, 4.69) is 33.8 Å². The van der Waals surface area contributed by atoms with E-state index in [0.717, 1.165) is 35.4 Å². The Morgan fingerprint density at radius 2 is 2.12 bits per heavy atom. The van der Waals surface area contributed by atoms with Crippen LogP contribution >= 0.6 is 12.6 Å². The largest absolute Gasteiger partial charge is 0.339 e. The third-order valence-corrected chi connectivity index (χ3v) is 4.83. The second-order valence-corrected chi connectivity index (χ2v) is 6.94. The summed E-state index contributed by atoms with van der Waals surface area (Å²) in [6.45, 7) is 5.68. The number of piperidine rings is 1. The maximum Gasteiger partial charge on any atom is 0.276 e. The van der Waals surface area contributed by atoms with Gasteiger partial charge in [-0.05, 0) is 38.3 Å². The number of aryl methyl sites for hydroxylation is 2. The summed E-state index contributed by atoms with van der Waals surface area (Å²) in [5.41, 5.74) is 8.50. The lowest BCUT2D eigenvalue weighted by molar-refractivity contribution is 0.487. The summed E-state index contributed by atoms with van der Waals surface area (Å²) in [7, 11) is 0. The zero-order valence-electron chi connectivity index (χ0n) is 14.1. The fraction of sp³-hybridized carbons (Fsp3) is 0.471. The number of aromatic nitrogens is 3. The third-order valence-electron chi connectivity index (χ3n) is 4.39. The number of benzene rings is 1. The topological polar surface area (TPSA) is 77.0 Å². The highest BCUT2D eigenvalue weighted by Crippen LogP contribution is 2.20. The highest BCUT2D eigenvalue weighted by Gasteiger charge is 2.22. The number of anilines is 1. The number of thiol groups is 1. The number of hydrogen-bond donors (Lipinski definition) is 2. The Bertz CT molecular complexity index is 804. The van der Waals surface area contributed by atoms with E-state index in [1.165, 1.54) is 0 Å². The van der Waals surface area contributed by atoms with Gasteiger partial charge in [-0.15, -0.1) is 22.8 Å². The minimum absolute atomic E-state index is 0.102. The molecule has 1 fully saturated rings. The van der Waals surface area contributed by atoms with Crippen molar-refractivity contribution in [3.63, 3.8) is 0 Å². The second kappa shape index (κ2) is 6.94. The smallest absolute Gasteiger partial charge is 0.276 e. The van der Waals surface area contributed by atoms with Gasteiger partial charge in [0.05, 0.1) is 6.54 Å². The van der Waals surface area contributed by atoms with Gasteiger partial charge in [-0.25, -0.2) is 0 Å². The molecule has 0 unspecified atom stereocenters. The van der Waals surface area contributed by atoms with Gasteiger partial charge in [0.1, 0.15) is 5.69 Å². The first-order valence-corrected chi connectivity index (χ1v) is 8.63. The minimum Gasteiger partial charge on any atom is -0.339 e.